The molecule has 0 radical (unpaired) electrons. The van der Waals surface area contributed by atoms with Crippen LogP contribution in [0.4, 0.5) is 11.5 Å². The number of ether oxygens (including phenoxy) is 3. The second kappa shape index (κ2) is 9.47. The highest BCUT2D eigenvalue weighted by Gasteiger charge is 2.35. The summed E-state index contributed by atoms with van der Waals surface area (Å²) >= 11 is 0. The largest absolute Gasteiger partial charge is 0.491 e. The first-order valence-corrected chi connectivity index (χ1v) is 12.0. The number of rotatable bonds is 7. The SMILES string of the molecule is Cn1cc2c(nc1=O)Nc1c(OCCCc3ncnc4c3ccn4[C@H]3C[C@H](O)[C@@H](CO)O3)cccc1O2. The molecule has 1 saturated heterocycles. The molecule has 0 unspecified atom stereocenters. The number of aliphatic hydroxyl groups excluding tert-OH is 2. The molecule has 12 heteroatoms. The van der Waals surface area contributed by atoms with Crippen molar-refractivity contribution in [2.45, 2.75) is 37.7 Å². The second-order valence-corrected chi connectivity index (χ2v) is 9.05. The lowest BCUT2D eigenvalue weighted by Gasteiger charge is -2.23. The van der Waals surface area contributed by atoms with Gasteiger partial charge in [0.05, 0.1) is 31.2 Å². The Kier molecular flexibility index (Phi) is 5.99. The van der Waals surface area contributed by atoms with E-state index >= 15 is 0 Å². The Morgan fingerprint density at radius 1 is 1.24 bits per heavy atom. The Balaban J connectivity index is 1.12. The van der Waals surface area contributed by atoms with Gasteiger partial charge in [0.2, 0.25) is 0 Å². The van der Waals surface area contributed by atoms with Crippen molar-refractivity contribution in [2.24, 2.45) is 7.05 Å². The molecule has 0 saturated carbocycles. The van der Waals surface area contributed by atoms with Gasteiger partial charge in [0.1, 0.15) is 35.7 Å². The fraction of sp³-hybridized carbons (Fsp3) is 0.360. The number of nitrogens with zero attached hydrogens (tertiary/aromatic N) is 5. The van der Waals surface area contributed by atoms with Gasteiger partial charge < -0.3 is 34.3 Å². The van der Waals surface area contributed by atoms with Gasteiger partial charge in [0.15, 0.2) is 17.3 Å². The van der Waals surface area contributed by atoms with Crippen LogP contribution in [-0.2, 0) is 18.2 Å². The molecule has 12 nitrogen and oxygen atoms in total. The molecule has 5 heterocycles. The first-order valence-electron chi connectivity index (χ1n) is 12.0. The van der Waals surface area contributed by atoms with Crippen molar-refractivity contribution < 1.29 is 24.4 Å². The maximum Gasteiger partial charge on any atom is 0.349 e. The number of aromatic nitrogens is 5. The maximum absolute atomic E-state index is 11.9. The van der Waals surface area contributed by atoms with Crippen molar-refractivity contribution in [1.29, 1.82) is 0 Å². The van der Waals surface area contributed by atoms with Crippen molar-refractivity contribution >= 4 is 22.5 Å². The Morgan fingerprint density at radius 2 is 2.14 bits per heavy atom. The van der Waals surface area contributed by atoms with Crippen LogP contribution in [0.5, 0.6) is 17.2 Å². The number of benzene rings is 1. The van der Waals surface area contributed by atoms with Crippen LogP contribution in [-0.4, -0.2) is 59.7 Å². The number of anilines is 2. The van der Waals surface area contributed by atoms with Crippen molar-refractivity contribution in [3.63, 3.8) is 0 Å². The van der Waals surface area contributed by atoms with Crippen LogP contribution in [0.25, 0.3) is 11.0 Å². The maximum atomic E-state index is 11.9. The molecule has 4 aromatic rings. The number of hydrogen-bond acceptors (Lipinski definition) is 10. The summed E-state index contributed by atoms with van der Waals surface area (Å²) in [4.78, 5) is 24.8. The van der Waals surface area contributed by atoms with Gasteiger partial charge in [-0.1, -0.05) is 6.07 Å². The summed E-state index contributed by atoms with van der Waals surface area (Å²) in [5.41, 5.74) is 1.84. The summed E-state index contributed by atoms with van der Waals surface area (Å²) in [6.45, 7) is 0.197. The van der Waals surface area contributed by atoms with Gasteiger partial charge in [0.25, 0.3) is 0 Å². The van der Waals surface area contributed by atoms with Crippen LogP contribution < -0.4 is 20.5 Å². The van der Waals surface area contributed by atoms with Gasteiger partial charge >= 0.3 is 5.69 Å². The molecule has 1 aromatic carbocycles. The van der Waals surface area contributed by atoms with E-state index in [1.807, 2.05) is 35.0 Å². The first kappa shape index (κ1) is 23.4. The van der Waals surface area contributed by atoms with E-state index in [1.54, 1.807) is 13.2 Å². The van der Waals surface area contributed by atoms with E-state index in [1.165, 1.54) is 10.9 Å². The lowest BCUT2D eigenvalue weighted by molar-refractivity contribution is -0.0430. The van der Waals surface area contributed by atoms with Crippen molar-refractivity contribution in [1.82, 2.24) is 24.1 Å². The fourth-order valence-electron chi connectivity index (χ4n) is 4.69. The van der Waals surface area contributed by atoms with Gasteiger partial charge in [-0.15, -0.1) is 0 Å². The summed E-state index contributed by atoms with van der Waals surface area (Å²) in [7, 11) is 1.62. The molecular weight excluding hydrogens is 480 g/mol. The van der Waals surface area contributed by atoms with Crippen molar-refractivity contribution in [2.75, 3.05) is 18.5 Å². The van der Waals surface area contributed by atoms with E-state index < -0.39 is 18.4 Å². The molecule has 3 N–H and O–H groups in total. The van der Waals surface area contributed by atoms with E-state index in [-0.39, 0.29) is 12.3 Å². The van der Waals surface area contributed by atoms with Gasteiger partial charge in [-0.3, -0.25) is 4.57 Å². The predicted molar refractivity (Wildman–Crippen MR) is 132 cm³/mol. The topological polar surface area (TPSA) is 146 Å². The van der Waals surface area contributed by atoms with Crippen LogP contribution >= 0.6 is 0 Å². The van der Waals surface area contributed by atoms with Crippen LogP contribution in [0.2, 0.25) is 0 Å². The van der Waals surface area contributed by atoms with E-state index in [0.717, 1.165) is 16.7 Å². The number of para-hydroxylation sites is 1. The summed E-state index contributed by atoms with van der Waals surface area (Å²) in [5.74, 6) is 2.01. The molecule has 2 aliphatic rings. The molecule has 3 aromatic heterocycles. The lowest BCUT2D eigenvalue weighted by Crippen LogP contribution is -2.24. The monoisotopic (exact) mass is 506 g/mol. The molecule has 0 amide bonds. The standard InChI is InChI=1S/C25H26N6O6/c1-30-11-19-23(29-25(30)34)28-22-17(5-2-6-18(22)36-19)35-9-3-4-15-14-7-8-31(24(14)27-13-26-15)21-10-16(33)20(12-32)37-21/h2,5-8,11,13,16,20-21,32-33H,3-4,9-10,12H2,1H3,(H,28,29,34)/t16-,20+,21+/m0/s1. The molecule has 1 fully saturated rings. The van der Waals surface area contributed by atoms with Crippen LogP contribution in [0.15, 0.2) is 47.8 Å². The van der Waals surface area contributed by atoms with E-state index in [0.29, 0.717) is 54.6 Å². The van der Waals surface area contributed by atoms with Gasteiger partial charge in [-0.25, -0.2) is 14.8 Å². The van der Waals surface area contributed by atoms with Gasteiger partial charge in [0, 0.05) is 25.1 Å². The van der Waals surface area contributed by atoms with Gasteiger partial charge in [-0.05, 0) is 31.0 Å². The lowest BCUT2D eigenvalue weighted by atomic mass is 10.2. The molecule has 6 rings (SSSR count). The molecule has 0 spiro atoms. The average molecular weight is 507 g/mol. The smallest absolute Gasteiger partial charge is 0.349 e. The minimum atomic E-state index is -0.718. The third-order valence-corrected chi connectivity index (χ3v) is 6.61. The Bertz CT molecular complexity index is 1520. The average Bonchev–Trinajstić information content (AvgIpc) is 3.49. The van der Waals surface area contributed by atoms with Crippen molar-refractivity contribution in [3.05, 3.63) is 59.2 Å². The number of nitrogens with one attached hydrogen (secondary N) is 1. The Morgan fingerprint density at radius 3 is 2.97 bits per heavy atom. The van der Waals surface area contributed by atoms with Gasteiger partial charge in [-0.2, -0.15) is 4.98 Å². The summed E-state index contributed by atoms with van der Waals surface area (Å²) in [6, 6.07) is 7.44. The van der Waals surface area contributed by atoms with Crippen LogP contribution in [0.1, 0.15) is 24.8 Å². The van der Waals surface area contributed by atoms with Crippen molar-refractivity contribution in [3.8, 4) is 17.2 Å². The molecule has 37 heavy (non-hydrogen) atoms. The minimum absolute atomic E-state index is 0.231. The summed E-state index contributed by atoms with van der Waals surface area (Å²) in [5, 5.41) is 23.5. The zero-order valence-corrected chi connectivity index (χ0v) is 20.1. The molecule has 2 aliphatic heterocycles. The molecule has 0 bridgehead atoms. The summed E-state index contributed by atoms with van der Waals surface area (Å²) < 4.78 is 21.0. The summed E-state index contributed by atoms with van der Waals surface area (Å²) in [6.07, 6.45) is 5.02. The third-order valence-electron chi connectivity index (χ3n) is 6.61. The molecule has 0 aliphatic carbocycles. The first-order chi connectivity index (χ1) is 18.0. The van der Waals surface area contributed by atoms with Crippen LogP contribution in [0.3, 0.4) is 0 Å². The quantitative estimate of drug-likeness (QED) is 0.280. The molecular formula is C25H26N6O6. The number of aliphatic hydroxyl groups is 2. The fourth-order valence-corrected chi connectivity index (χ4v) is 4.69. The third kappa shape index (κ3) is 4.28. The zero-order valence-electron chi connectivity index (χ0n) is 20.1. The second-order valence-electron chi connectivity index (χ2n) is 9.05. The Hall–Kier alpha value is -4.00. The van der Waals surface area contributed by atoms with E-state index in [9.17, 15) is 15.0 Å². The van der Waals surface area contributed by atoms with E-state index in [2.05, 4.69) is 20.3 Å². The number of aryl methyl sites for hydroxylation is 2. The Labute approximate surface area is 211 Å². The number of fused-ring (bicyclic) bond motifs is 3. The molecule has 192 valence electrons. The minimum Gasteiger partial charge on any atom is -0.491 e. The molecule has 3 atom stereocenters. The highest BCUT2D eigenvalue weighted by atomic mass is 16.5. The zero-order chi connectivity index (χ0) is 25.5. The number of hydrogen-bond donors (Lipinski definition) is 3. The normalized spacial score (nSPS) is 20.2. The van der Waals surface area contributed by atoms with Crippen LogP contribution in [0, 0.1) is 0 Å². The van der Waals surface area contributed by atoms with E-state index in [4.69, 9.17) is 14.2 Å². The highest BCUT2D eigenvalue weighted by Crippen LogP contribution is 2.45. The predicted octanol–water partition coefficient (Wildman–Crippen LogP) is 2.03. The highest BCUT2D eigenvalue weighted by molar-refractivity contribution is 5.79.